The summed E-state index contributed by atoms with van der Waals surface area (Å²) in [5, 5.41) is 0. The van der Waals surface area contributed by atoms with Crippen molar-refractivity contribution in [3.63, 3.8) is 0 Å². The van der Waals surface area contributed by atoms with E-state index in [1.54, 1.807) is 0 Å². The zero-order valence-electron chi connectivity index (χ0n) is 10.7. The number of hydrogen-bond acceptors (Lipinski definition) is 3. The van der Waals surface area contributed by atoms with Gasteiger partial charge in [0.25, 0.3) is 0 Å². The maximum atomic E-state index is 5.68. The Morgan fingerprint density at radius 3 is 2.31 bits per heavy atom. The summed E-state index contributed by atoms with van der Waals surface area (Å²) in [5.41, 5.74) is 5.68. The molecule has 2 rings (SSSR count). The Balaban J connectivity index is 1.69. The summed E-state index contributed by atoms with van der Waals surface area (Å²) in [6.45, 7) is 9.33. The summed E-state index contributed by atoms with van der Waals surface area (Å²) in [6.07, 6.45) is 5.79. The van der Waals surface area contributed by atoms with Crippen LogP contribution < -0.4 is 5.73 Å². The summed E-state index contributed by atoms with van der Waals surface area (Å²) >= 11 is 0. The van der Waals surface area contributed by atoms with Gasteiger partial charge < -0.3 is 10.6 Å². The van der Waals surface area contributed by atoms with Crippen molar-refractivity contribution in [1.29, 1.82) is 0 Å². The van der Waals surface area contributed by atoms with Gasteiger partial charge in [-0.2, -0.15) is 0 Å². The lowest BCUT2D eigenvalue weighted by molar-refractivity contribution is 0.0899. The van der Waals surface area contributed by atoms with Crippen molar-refractivity contribution in [2.45, 2.75) is 38.6 Å². The van der Waals surface area contributed by atoms with Gasteiger partial charge in [0.2, 0.25) is 0 Å². The van der Waals surface area contributed by atoms with E-state index in [0.717, 1.165) is 12.6 Å². The fourth-order valence-electron chi connectivity index (χ4n) is 3.10. The Bertz CT molecular complexity index is 193. The molecular weight excluding hydrogens is 198 g/mol. The van der Waals surface area contributed by atoms with Gasteiger partial charge in [0, 0.05) is 38.8 Å². The molecule has 2 N–H and O–H groups in total. The van der Waals surface area contributed by atoms with E-state index in [2.05, 4.69) is 16.7 Å². The van der Waals surface area contributed by atoms with Crippen molar-refractivity contribution in [2.24, 2.45) is 11.7 Å². The van der Waals surface area contributed by atoms with Gasteiger partial charge in [-0.25, -0.2) is 0 Å². The fourth-order valence-corrected chi connectivity index (χ4v) is 3.10. The van der Waals surface area contributed by atoms with Crippen LogP contribution in [-0.2, 0) is 0 Å². The van der Waals surface area contributed by atoms with Crippen LogP contribution >= 0.6 is 0 Å². The average molecular weight is 225 g/mol. The quantitative estimate of drug-likeness (QED) is 0.779. The van der Waals surface area contributed by atoms with Gasteiger partial charge in [0.05, 0.1) is 0 Å². The Kier molecular flexibility index (Phi) is 4.62. The minimum absolute atomic E-state index is 0.651. The van der Waals surface area contributed by atoms with Crippen LogP contribution in [0.15, 0.2) is 0 Å². The SMILES string of the molecule is CC(CN)CN1CCN(C2CCCC2)CC1. The highest BCUT2D eigenvalue weighted by molar-refractivity contribution is 4.82. The molecule has 1 saturated heterocycles. The lowest BCUT2D eigenvalue weighted by Gasteiger charge is -2.38. The molecule has 1 atom stereocenters. The normalized spacial score (nSPS) is 27.4. The van der Waals surface area contributed by atoms with Crippen LogP contribution in [0.4, 0.5) is 0 Å². The van der Waals surface area contributed by atoms with Gasteiger partial charge in [-0.1, -0.05) is 19.8 Å². The number of nitrogens with zero attached hydrogens (tertiary/aromatic N) is 2. The molecule has 94 valence electrons. The summed E-state index contributed by atoms with van der Waals surface area (Å²) in [4.78, 5) is 5.31. The molecule has 1 aliphatic carbocycles. The first-order valence-electron chi connectivity index (χ1n) is 6.96. The van der Waals surface area contributed by atoms with Gasteiger partial charge in [0.1, 0.15) is 0 Å². The van der Waals surface area contributed by atoms with Crippen molar-refractivity contribution in [3.8, 4) is 0 Å². The van der Waals surface area contributed by atoms with Gasteiger partial charge in [-0.05, 0) is 25.3 Å². The second-order valence-corrected chi connectivity index (χ2v) is 5.62. The van der Waals surface area contributed by atoms with E-state index >= 15 is 0 Å². The van der Waals surface area contributed by atoms with E-state index in [1.165, 1.54) is 58.4 Å². The molecule has 0 aromatic rings. The molecular formula is C13H27N3. The highest BCUT2D eigenvalue weighted by atomic mass is 15.3. The van der Waals surface area contributed by atoms with Crippen molar-refractivity contribution >= 4 is 0 Å². The molecule has 1 saturated carbocycles. The minimum atomic E-state index is 0.651. The molecule has 0 spiro atoms. The van der Waals surface area contributed by atoms with Gasteiger partial charge >= 0.3 is 0 Å². The second-order valence-electron chi connectivity index (χ2n) is 5.62. The second kappa shape index (κ2) is 5.99. The Morgan fingerprint density at radius 1 is 1.12 bits per heavy atom. The zero-order valence-corrected chi connectivity index (χ0v) is 10.7. The monoisotopic (exact) mass is 225 g/mol. The molecule has 0 amide bonds. The number of nitrogens with two attached hydrogens (primary N) is 1. The fraction of sp³-hybridized carbons (Fsp3) is 1.00. The molecule has 16 heavy (non-hydrogen) atoms. The molecule has 0 aromatic heterocycles. The van der Waals surface area contributed by atoms with Crippen LogP contribution in [0.3, 0.4) is 0 Å². The molecule has 3 heteroatoms. The van der Waals surface area contributed by atoms with Crippen LogP contribution in [0.5, 0.6) is 0 Å². The lowest BCUT2D eigenvalue weighted by Crippen LogP contribution is -2.50. The number of hydrogen-bond donors (Lipinski definition) is 1. The van der Waals surface area contributed by atoms with E-state index in [9.17, 15) is 0 Å². The molecule has 0 bridgehead atoms. The summed E-state index contributed by atoms with van der Waals surface area (Å²) < 4.78 is 0. The zero-order chi connectivity index (χ0) is 11.4. The Labute approximate surface area is 100.0 Å². The third kappa shape index (κ3) is 3.19. The number of piperazine rings is 1. The molecule has 2 fully saturated rings. The summed E-state index contributed by atoms with van der Waals surface area (Å²) in [6, 6.07) is 0.911. The van der Waals surface area contributed by atoms with Crippen LogP contribution in [0.25, 0.3) is 0 Å². The van der Waals surface area contributed by atoms with E-state index in [4.69, 9.17) is 5.73 Å². The van der Waals surface area contributed by atoms with E-state index in [1.807, 2.05) is 0 Å². The maximum Gasteiger partial charge on any atom is 0.0113 e. The van der Waals surface area contributed by atoms with E-state index in [0.29, 0.717) is 5.92 Å². The topological polar surface area (TPSA) is 32.5 Å². The predicted octanol–water partition coefficient (Wildman–Crippen LogP) is 1.14. The van der Waals surface area contributed by atoms with Gasteiger partial charge in [-0.15, -0.1) is 0 Å². The van der Waals surface area contributed by atoms with Gasteiger partial charge in [-0.3, -0.25) is 4.90 Å². The Morgan fingerprint density at radius 2 is 1.75 bits per heavy atom. The first kappa shape index (κ1) is 12.3. The van der Waals surface area contributed by atoms with Crippen LogP contribution in [0.2, 0.25) is 0 Å². The van der Waals surface area contributed by atoms with E-state index in [-0.39, 0.29) is 0 Å². The van der Waals surface area contributed by atoms with Crippen molar-refractivity contribution in [1.82, 2.24) is 9.80 Å². The molecule has 2 aliphatic rings. The molecule has 0 radical (unpaired) electrons. The van der Waals surface area contributed by atoms with E-state index < -0.39 is 0 Å². The van der Waals surface area contributed by atoms with Crippen molar-refractivity contribution in [2.75, 3.05) is 39.3 Å². The lowest BCUT2D eigenvalue weighted by atomic mass is 10.1. The molecule has 0 aromatic carbocycles. The first-order valence-corrected chi connectivity index (χ1v) is 6.96. The Hall–Kier alpha value is -0.120. The molecule has 3 nitrogen and oxygen atoms in total. The molecule has 1 aliphatic heterocycles. The van der Waals surface area contributed by atoms with Crippen LogP contribution in [-0.4, -0.2) is 55.1 Å². The standard InChI is InChI=1S/C13H27N3/c1-12(10-14)11-15-6-8-16(9-7-15)13-4-2-3-5-13/h12-13H,2-11,14H2,1H3. The minimum Gasteiger partial charge on any atom is -0.330 e. The first-order chi connectivity index (χ1) is 7.79. The third-order valence-corrected chi connectivity index (χ3v) is 4.22. The van der Waals surface area contributed by atoms with Crippen molar-refractivity contribution < 1.29 is 0 Å². The molecule has 1 unspecified atom stereocenters. The third-order valence-electron chi connectivity index (χ3n) is 4.22. The summed E-state index contributed by atoms with van der Waals surface area (Å²) in [7, 11) is 0. The highest BCUT2D eigenvalue weighted by Gasteiger charge is 2.26. The van der Waals surface area contributed by atoms with Crippen molar-refractivity contribution in [3.05, 3.63) is 0 Å². The number of rotatable bonds is 4. The van der Waals surface area contributed by atoms with Crippen LogP contribution in [0.1, 0.15) is 32.6 Å². The molecule has 1 heterocycles. The average Bonchev–Trinajstić information content (AvgIpc) is 2.83. The largest absolute Gasteiger partial charge is 0.330 e. The maximum absolute atomic E-state index is 5.68. The predicted molar refractivity (Wildman–Crippen MR) is 68.5 cm³/mol. The highest BCUT2D eigenvalue weighted by Crippen LogP contribution is 2.24. The summed E-state index contributed by atoms with van der Waals surface area (Å²) in [5.74, 6) is 0.651. The van der Waals surface area contributed by atoms with Gasteiger partial charge in [0.15, 0.2) is 0 Å². The van der Waals surface area contributed by atoms with Crippen LogP contribution in [0, 0.1) is 5.92 Å². The smallest absolute Gasteiger partial charge is 0.0113 e.